The number of halogens is 1. The maximum Gasteiger partial charge on any atom is 0.213 e. The van der Waals surface area contributed by atoms with Crippen LogP contribution in [0, 0.1) is 19.3 Å². The normalized spacial score (nSPS) is 10.4. The van der Waals surface area contributed by atoms with Gasteiger partial charge in [0.2, 0.25) is 5.96 Å². The molecule has 0 spiro atoms. The van der Waals surface area contributed by atoms with E-state index in [1.165, 1.54) is 4.68 Å². The SMILES string of the molecule is Cc1nn(C(=N)N)c(C)c1N=Nc1ccccc1.Cl. The molecule has 0 saturated heterocycles. The number of aryl methyl sites for hydroxylation is 1. The lowest BCUT2D eigenvalue weighted by atomic mass is 10.3. The van der Waals surface area contributed by atoms with Crippen LogP contribution in [0.1, 0.15) is 11.4 Å². The van der Waals surface area contributed by atoms with Gasteiger partial charge in [0.05, 0.1) is 17.1 Å². The van der Waals surface area contributed by atoms with Crippen LogP contribution in [0.2, 0.25) is 0 Å². The van der Waals surface area contributed by atoms with Crippen molar-refractivity contribution in [2.45, 2.75) is 13.8 Å². The summed E-state index contributed by atoms with van der Waals surface area (Å²) in [5.74, 6) is -0.128. The minimum Gasteiger partial charge on any atom is -0.368 e. The van der Waals surface area contributed by atoms with Crippen LogP contribution in [-0.2, 0) is 0 Å². The van der Waals surface area contributed by atoms with Gasteiger partial charge in [0.1, 0.15) is 5.69 Å². The van der Waals surface area contributed by atoms with Crippen LogP contribution < -0.4 is 5.73 Å². The summed E-state index contributed by atoms with van der Waals surface area (Å²) >= 11 is 0. The van der Waals surface area contributed by atoms with Gasteiger partial charge in [-0.3, -0.25) is 5.41 Å². The molecule has 0 bridgehead atoms. The molecule has 1 aromatic carbocycles. The largest absolute Gasteiger partial charge is 0.368 e. The second-order valence-corrected chi connectivity index (χ2v) is 3.85. The van der Waals surface area contributed by atoms with E-state index in [4.69, 9.17) is 11.1 Å². The summed E-state index contributed by atoms with van der Waals surface area (Å²) in [6, 6.07) is 9.44. The molecule has 0 atom stereocenters. The van der Waals surface area contributed by atoms with Crippen molar-refractivity contribution in [2.75, 3.05) is 0 Å². The molecule has 100 valence electrons. The fourth-order valence-electron chi connectivity index (χ4n) is 1.62. The molecule has 0 saturated carbocycles. The number of azo groups is 1. The zero-order chi connectivity index (χ0) is 13.1. The standard InChI is InChI=1S/C12H14N6.ClH/c1-8-11(9(2)18(17-8)12(13)14)16-15-10-6-4-3-5-7-10;/h3-7H,1-2H3,(H3,13,14);1H. The van der Waals surface area contributed by atoms with E-state index in [2.05, 4.69) is 15.3 Å². The quantitative estimate of drug-likeness (QED) is 0.502. The van der Waals surface area contributed by atoms with E-state index in [-0.39, 0.29) is 18.4 Å². The van der Waals surface area contributed by atoms with E-state index in [1.807, 2.05) is 37.3 Å². The van der Waals surface area contributed by atoms with E-state index in [9.17, 15) is 0 Å². The van der Waals surface area contributed by atoms with Crippen molar-refractivity contribution >= 4 is 29.7 Å². The van der Waals surface area contributed by atoms with E-state index in [1.54, 1.807) is 6.92 Å². The third-order valence-electron chi connectivity index (χ3n) is 2.50. The first-order valence-electron chi connectivity index (χ1n) is 5.47. The van der Waals surface area contributed by atoms with Crippen LogP contribution in [0.3, 0.4) is 0 Å². The molecule has 19 heavy (non-hydrogen) atoms. The zero-order valence-electron chi connectivity index (χ0n) is 10.7. The average molecular weight is 279 g/mol. The summed E-state index contributed by atoms with van der Waals surface area (Å²) in [5, 5.41) is 19.8. The summed E-state index contributed by atoms with van der Waals surface area (Å²) in [7, 11) is 0. The summed E-state index contributed by atoms with van der Waals surface area (Å²) in [4.78, 5) is 0. The van der Waals surface area contributed by atoms with Gasteiger partial charge >= 0.3 is 0 Å². The van der Waals surface area contributed by atoms with Crippen LogP contribution in [0.15, 0.2) is 40.6 Å². The number of hydrogen-bond donors (Lipinski definition) is 2. The molecule has 0 aliphatic heterocycles. The van der Waals surface area contributed by atoms with Crippen LogP contribution in [0.25, 0.3) is 0 Å². The minimum absolute atomic E-state index is 0. The Morgan fingerprint density at radius 3 is 2.37 bits per heavy atom. The Morgan fingerprint density at radius 2 is 1.84 bits per heavy atom. The molecule has 0 aliphatic carbocycles. The second kappa shape index (κ2) is 6.10. The molecular formula is C12H15ClN6. The van der Waals surface area contributed by atoms with Gasteiger partial charge in [-0.25, -0.2) is 4.68 Å². The van der Waals surface area contributed by atoms with Gasteiger partial charge in [-0.05, 0) is 26.0 Å². The van der Waals surface area contributed by atoms with Gasteiger partial charge in [0.25, 0.3) is 0 Å². The maximum absolute atomic E-state index is 7.39. The highest BCUT2D eigenvalue weighted by atomic mass is 35.5. The highest BCUT2D eigenvalue weighted by Crippen LogP contribution is 2.25. The molecule has 0 fully saturated rings. The van der Waals surface area contributed by atoms with Crippen LogP contribution in [-0.4, -0.2) is 15.7 Å². The molecule has 1 heterocycles. The molecule has 0 aliphatic rings. The maximum atomic E-state index is 7.39. The van der Waals surface area contributed by atoms with Gasteiger partial charge in [-0.1, -0.05) is 18.2 Å². The first-order valence-corrected chi connectivity index (χ1v) is 5.47. The van der Waals surface area contributed by atoms with E-state index >= 15 is 0 Å². The molecule has 3 N–H and O–H groups in total. The molecule has 1 aromatic heterocycles. The smallest absolute Gasteiger partial charge is 0.213 e. The summed E-state index contributed by atoms with van der Waals surface area (Å²) in [6.45, 7) is 3.62. The number of nitrogen functional groups attached to an aromatic ring is 1. The predicted octanol–water partition coefficient (Wildman–Crippen LogP) is 3.08. The predicted molar refractivity (Wildman–Crippen MR) is 76.9 cm³/mol. The number of aromatic nitrogens is 2. The molecular weight excluding hydrogens is 264 g/mol. The third-order valence-corrected chi connectivity index (χ3v) is 2.50. The van der Waals surface area contributed by atoms with Crippen molar-refractivity contribution in [3.8, 4) is 0 Å². The van der Waals surface area contributed by atoms with Gasteiger partial charge in [0, 0.05) is 0 Å². The van der Waals surface area contributed by atoms with Gasteiger partial charge < -0.3 is 5.73 Å². The van der Waals surface area contributed by atoms with Crippen molar-refractivity contribution in [1.29, 1.82) is 5.41 Å². The molecule has 7 heteroatoms. The molecule has 2 aromatic rings. The molecule has 6 nitrogen and oxygen atoms in total. The average Bonchev–Trinajstić information content (AvgIpc) is 2.64. The Bertz CT molecular complexity index is 602. The van der Waals surface area contributed by atoms with Gasteiger partial charge in [-0.2, -0.15) is 10.2 Å². The minimum atomic E-state index is -0.128. The van der Waals surface area contributed by atoms with Crippen LogP contribution >= 0.6 is 12.4 Å². The van der Waals surface area contributed by atoms with Gasteiger partial charge in [0.15, 0.2) is 0 Å². The summed E-state index contributed by atoms with van der Waals surface area (Å²) < 4.78 is 1.34. The lowest BCUT2D eigenvalue weighted by Crippen LogP contribution is -2.22. The summed E-state index contributed by atoms with van der Waals surface area (Å²) in [5.41, 5.74) is 8.24. The topological polar surface area (TPSA) is 92.4 Å². The number of hydrogen-bond acceptors (Lipinski definition) is 4. The van der Waals surface area contributed by atoms with Crippen LogP contribution in [0.4, 0.5) is 11.4 Å². The fourth-order valence-corrected chi connectivity index (χ4v) is 1.62. The molecule has 0 radical (unpaired) electrons. The number of nitrogens with two attached hydrogens (primary N) is 1. The lowest BCUT2D eigenvalue weighted by Gasteiger charge is -1.98. The molecule has 2 rings (SSSR count). The fraction of sp³-hybridized carbons (Fsp3) is 0.167. The molecule has 0 amide bonds. The van der Waals surface area contributed by atoms with Crippen molar-refractivity contribution in [1.82, 2.24) is 9.78 Å². The van der Waals surface area contributed by atoms with Crippen molar-refractivity contribution < 1.29 is 0 Å². The van der Waals surface area contributed by atoms with Gasteiger partial charge in [-0.15, -0.1) is 17.5 Å². The lowest BCUT2D eigenvalue weighted by molar-refractivity contribution is 0.863. The van der Waals surface area contributed by atoms with E-state index in [0.29, 0.717) is 17.1 Å². The monoisotopic (exact) mass is 278 g/mol. The Kier molecular flexibility index (Phi) is 4.77. The second-order valence-electron chi connectivity index (χ2n) is 3.85. The Balaban J connectivity index is 0.00000180. The zero-order valence-corrected chi connectivity index (χ0v) is 11.5. The van der Waals surface area contributed by atoms with E-state index in [0.717, 1.165) is 5.69 Å². The first-order chi connectivity index (χ1) is 8.59. The number of rotatable bonds is 2. The first kappa shape index (κ1) is 14.8. The highest BCUT2D eigenvalue weighted by Gasteiger charge is 2.12. The Hall–Kier alpha value is -2.21. The molecule has 0 unspecified atom stereocenters. The van der Waals surface area contributed by atoms with Crippen molar-refractivity contribution in [3.63, 3.8) is 0 Å². The van der Waals surface area contributed by atoms with Crippen molar-refractivity contribution in [3.05, 3.63) is 41.7 Å². The van der Waals surface area contributed by atoms with Crippen LogP contribution in [0.5, 0.6) is 0 Å². The number of nitrogens with one attached hydrogen (secondary N) is 1. The highest BCUT2D eigenvalue weighted by molar-refractivity contribution is 5.85. The Labute approximate surface area is 117 Å². The third kappa shape index (κ3) is 3.17. The van der Waals surface area contributed by atoms with E-state index < -0.39 is 0 Å². The van der Waals surface area contributed by atoms with Crippen molar-refractivity contribution in [2.24, 2.45) is 16.0 Å². The number of benzene rings is 1. The Morgan fingerprint density at radius 1 is 1.21 bits per heavy atom. The number of nitrogens with zero attached hydrogens (tertiary/aromatic N) is 4. The summed E-state index contributed by atoms with van der Waals surface area (Å²) in [6.07, 6.45) is 0.